The van der Waals surface area contributed by atoms with Crippen molar-refractivity contribution in [2.45, 2.75) is 26.2 Å². The van der Waals surface area contributed by atoms with E-state index in [1.54, 1.807) is 20.8 Å². The molecule has 0 aliphatic rings. The predicted molar refractivity (Wildman–Crippen MR) is 58.4 cm³/mol. The highest BCUT2D eigenvalue weighted by atomic mass is 19.1. The number of benzene rings is 1. The molecule has 0 spiro atoms. The minimum Gasteiger partial charge on any atom is -0.258 e. The Labute approximate surface area is 96.4 Å². The zero-order valence-electron chi connectivity index (χ0n) is 9.56. The lowest BCUT2D eigenvalue weighted by atomic mass is 9.85. The second kappa shape index (κ2) is 4.08. The molecule has 0 aromatic heterocycles. The first-order chi connectivity index (χ1) is 7.64. The first kappa shape index (κ1) is 13.0. The molecule has 0 amide bonds. The van der Waals surface area contributed by atoms with Gasteiger partial charge in [0.2, 0.25) is 5.82 Å². The quantitative estimate of drug-likeness (QED) is 0.589. The molecule has 92 valence electrons. The molecule has 0 heterocycles. The number of hydrogen-bond donors (Lipinski definition) is 0. The van der Waals surface area contributed by atoms with Crippen molar-refractivity contribution in [2.75, 3.05) is 0 Å². The molecule has 0 fully saturated rings. The van der Waals surface area contributed by atoms with Crippen molar-refractivity contribution in [1.82, 2.24) is 0 Å². The Kier molecular flexibility index (Phi) is 3.12. The van der Waals surface area contributed by atoms with Crippen LogP contribution in [0.1, 0.15) is 26.3 Å². The molecule has 1 rings (SSSR count). The molecule has 0 N–H and O–H groups in total. The molecule has 0 saturated carbocycles. The number of hydrogen-bond acceptors (Lipinski definition) is 4. The van der Waals surface area contributed by atoms with Crippen LogP contribution in [0, 0.1) is 26.0 Å². The Hall–Kier alpha value is -2.05. The summed E-state index contributed by atoms with van der Waals surface area (Å²) in [4.78, 5) is 19.6. The maximum atomic E-state index is 13.4. The van der Waals surface area contributed by atoms with E-state index in [4.69, 9.17) is 0 Å². The first-order valence-corrected chi connectivity index (χ1v) is 4.77. The minimum atomic E-state index is -1.06. The summed E-state index contributed by atoms with van der Waals surface area (Å²) < 4.78 is 13.4. The highest BCUT2D eigenvalue weighted by molar-refractivity contribution is 5.52. The van der Waals surface area contributed by atoms with Crippen molar-refractivity contribution in [2.24, 2.45) is 0 Å². The lowest BCUT2D eigenvalue weighted by Gasteiger charge is -2.18. The number of nitrogens with zero attached hydrogens (tertiary/aromatic N) is 2. The van der Waals surface area contributed by atoms with Crippen molar-refractivity contribution >= 4 is 11.4 Å². The van der Waals surface area contributed by atoms with Gasteiger partial charge in [0.15, 0.2) is 0 Å². The largest absolute Gasteiger partial charge is 0.311 e. The van der Waals surface area contributed by atoms with Crippen molar-refractivity contribution in [3.63, 3.8) is 0 Å². The highest BCUT2D eigenvalue weighted by Crippen LogP contribution is 2.35. The smallest absolute Gasteiger partial charge is 0.258 e. The highest BCUT2D eigenvalue weighted by Gasteiger charge is 2.30. The molecule has 0 saturated heterocycles. The van der Waals surface area contributed by atoms with Crippen molar-refractivity contribution in [1.29, 1.82) is 0 Å². The Morgan fingerprint density at radius 3 is 1.88 bits per heavy atom. The lowest BCUT2D eigenvalue weighted by Crippen LogP contribution is -2.15. The van der Waals surface area contributed by atoms with Crippen LogP contribution in [0.2, 0.25) is 0 Å². The van der Waals surface area contributed by atoms with Crippen LogP contribution in [-0.4, -0.2) is 9.85 Å². The SMILES string of the molecule is CC(C)(C)c1cc(F)c([N+](=O)[O-])cc1[N+](=O)[O-]. The summed E-state index contributed by atoms with van der Waals surface area (Å²) in [6, 6.07) is 1.52. The molecule has 1 aromatic rings. The van der Waals surface area contributed by atoms with E-state index in [1.165, 1.54) is 0 Å². The number of nitro groups is 2. The summed E-state index contributed by atoms with van der Waals surface area (Å²) >= 11 is 0. The summed E-state index contributed by atoms with van der Waals surface area (Å²) in [5, 5.41) is 21.3. The Morgan fingerprint density at radius 1 is 1.06 bits per heavy atom. The van der Waals surface area contributed by atoms with E-state index in [2.05, 4.69) is 0 Å². The molecule has 1 aromatic carbocycles. The summed E-state index contributed by atoms with van der Waals surface area (Å²) in [5.41, 5.74) is -1.86. The third kappa shape index (κ3) is 2.55. The normalized spacial score (nSPS) is 11.3. The fraction of sp³-hybridized carbons (Fsp3) is 0.400. The molecule has 0 aliphatic heterocycles. The van der Waals surface area contributed by atoms with Gasteiger partial charge in [-0.2, -0.15) is 4.39 Å². The van der Waals surface area contributed by atoms with Crippen LogP contribution >= 0.6 is 0 Å². The fourth-order valence-electron chi connectivity index (χ4n) is 1.44. The van der Waals surface area contributed by atoms with Crippen LogP contribution < -0.4 is 0 Å². The maximum absolute atomic E-state index is 13.4. The van der Waals surface area contributed by atoms with E-state index in [1.807, 2.05) is 0 Å². The van der Waals surface area contributed by atoms with E-state index in [9.17, 15) is 24.6 Å². The molecule has 17 heavy (non-hydrogen) atoms. The Balaban J connectivity index is 3.58. The van der Waals surface area contributed by atoms with E-state index >= 15 is 0 Å². The fourth-order valence-corrected chi connectivity index (χ4v) is 1.44. The topological polar surface area (TPSA) is 86.3 Å². The van der Waals surface area contributed by atoms with Gasteiger partial charge in [0, 0.05) is 5.56 Å². The number of halogens is 1. The Morgan fingerprint density at radius 2 is 1.53 bits per heavy atom. The molecular formula is C10H11FN2O4. The van der Waals surface area contributed by atoms with Crippen molar-refractivity contribution in [3.05, 3.63) is 43.7 Å². The summed E-state index contributed by atoms with van der Waals surface area (Å²) in [6.07, 6.45) is 0. The van der Waals surface area contributed by atoms with Gasteiger partial charge in [-0.25, -0.2) is 0 Å². The van der Waals surface area contributed by atoms with Crippen LogP contribution in [0.5, 0.6) is 0 Å². The summed E-state index contributed by atoms with van der Waals surface area (Å²) in [6.45, 7) is 5.00. The van der Waals surface area contributed by atoms with Crippen molar-refractivity contribution in [3.8, 4) is 0 Å². The zero-order chi connectivity index (χ0) is 13.4. The average Bonchev–Trinajstić information content (AvgIpc) is 2.14. The Bertz CT molecular complexity index is 494. The average molecular weight is 242 g/mol. The molecule has 0 aliphatic carbocycles. The minimum absolute atomic E-state index is 0.130. The molecule has 0 bridgehead atoms. The second-order valence-corrected chi connectivity index (χ2v) is 4.58. The predicted octanol–water partition coefficient (Wildman–Crippen LogP) is 2.94. The van der Waals surface area contributed by atoms with Gasteiger partial charge in [-0.15, -0.1) is 0 Å². The molecule has 0 unspecified atom stereocenters. The van der Waals surface area contributed by atoms with E-state index in [0.717, 1.165) is 6.07 Å². The van der Waals surface area contributed by atoms with Crippen LogP contribution in [0.25, 0.3) is 0 Å². The van der Waals surface area contributed by atoms with Gasteiger partial charge in [0.1, 0.15) is 0 Å². The summed E-state index contributed by atoms with van der Waals surface area (Å²) in [5.74, 6) is -1.06. The van der Waals surface area contributed by atoms with Crippen LogP contribution in [0.4, 0.5) is 15.8 Å². The zero-order valence-corrected chi connectivity index (χ0v) is 9.56. The van der Waals surface area contributed by atoms with Gasteiger partial charge >= 0.3 is 5.69 Å². The third-order valence-corrected chi connectivity index (χ3v) is 2.27. The van der Waals surface area contributed by atoms with Gasteiger partial charge in [0.05, 0.1) is 15.9 Å². The molecule has 7 heteroatoms. The first-order valence-electron chi connectivity index (χ1n) is 4.77. The van der Waals surface area contributed by atoms with Gasteiger partial charge in [-0.1, -0.05) is 20.8 Å². The van der Waals surface area contributed by atoms with E-state index in [-0.39, 0.29) is 5.56 Å². The van der Waals surface area contributed by atoms with E-state index < -0.39 is 32.5 Å². The number of nitro benzene ring substituents is 2. The van der Waals surface area contributed by atoms with Gasteiger partial charge in [0.25, 0.3) is 5.69 Å². The third-order valence-electron chi connectivity index (χ3n) is 2.27. The maximum Gasteiger partial charge on any atom is 0.311 e. The second-order valence-electron chi connectivity index (χ2n) is 4.58. The molecular weight excluding hydrogens is 231 g/mol. The lowest BCUT2D eigenvalue weighted by molar-refractivity contribution is -0.396. The van der Waals surface area contributed by atoms with Gasteiger partial charge in [-0.3, -0.25) is 20.2 Å². The van der Waals surface area contributed by atoms with Crippen molar-refractivity contribution < 1.29 is 14.2 Å². The molecule has 0 atom stereocenters. The molecule has 0 radical (unpaired) electrons. The molecule has 6 nitrogen and oxygen atoms in total. The standard InChI is InChI=1S/C10H11FN2O4/c1-10(2,3)6-4-7(11)9(13(16)17)5-8(6)12(14)15/h4-5H,1-3H3. The van der Waals surface area contributed by atoms with Gasteiger partial charge < -0.3 is 0 Å². The van der Waals surface area contributed by atoms with E-state index in [0.29, 0.717) is 6.07 Å². The van der Waals surface area contributed by atoms with Crippen LogP contribution in [-0.2, 0) is 5.41 Å². The van der Waals surface area contributed by atoms with Crippen LogP contribution in [0.3, 0.4) is 0 Å². The van der Waals surface area contributed by atoms with Gasteiger partial charge in [-0.05, 0) is 11.5 Å². The summed E-state index contributed by atoms with van der Waals surface area (Å²) in [7, 11) is 0. The van der Waals surface area contributed by atoms with Crippen LogP contribution in [0.15, 0.2) is 12.1 Å². The monoisotopic (exact) mass is 242 g/mol. The number of rotatable bonds is 2.